The highest BCUT2D eigenvalue weighted by Gasteiger charge is 2.19. The highest BCUT2D eigenvalue weighted by atomic mass is 127. The number of rotatable bonds is 6. The van der Waals surface area contributed by atoms with Crippen molar-refractivity contribution in [1.29, 1.82) is 0 Å². The molecule has 26 heavy (non-hydrogen) atoms. The Kier molecular flexibility index (Phi) is 8.68. The van der Waals surface area contributed by atoms with Crippen LogP contribution in [0.5, 0.6) is 0 Å². The molecule has 1 aliphatic carbocycles. The van der Waals surface area contributed by atoms with E-state index < -0.39 is 0 Å². The van der Waals surface area contributed by atoms with Gasteiger partial charge in [0, 0.05) is 32.1 Å². The van der Waals surface area contributed by atoms with E-state index in [9.17, 15) is 4.79 Å². The molecular formula is C20H31IN4O. The first kappa shape index (κ1) is 21.0. The standard InChI is InChI=1S/C20H30N4O.HI/c1-2-21-20(23-18-6-3-4-7-18)22-14-16-9-11-17(12-10-16)15-24-13-5-8-19(24)25;/h9-12,18H,2-8,13-15H2,1H3,(H2,21,22,23);1H. The number of likely N-dealkylation sites (tertiary alicyclic amines) is 1. The minimum absolute atomic E-state index is 0. The molecule has 1 aromatic carbocycles. The monoisotopic (exact) mass is 470 g/mol. The minimum atomic E-state index is 0. The highest BCUT2D eigenvalue weighted by molar-refractivity contribution is 14.0. The fourth-order valence-corrected chi connectivity index (χ4v) is 3.60. The van der Waals surface area contributed by atoms with Gasteiger partial charge >= 0.3 is 0 Å². The Bertz CT molecular complexity index is 596. The van der Waals surface area contributed by atoms with E-state index in [2.05, 4.69) is 41.8 Å². The summed E-state index contributed by atoms with van der Waals surface area (Å²) in [6.45, 7) is 5.27. The van der Waals surface area contributed by atoms with Gasteiger partial charge in [-0.1, -0.05) is 37.1 Å². The lowest BCUT2D eigenvalue weighted by Crippen LogP contribution is -2.42. The van der Waals surface area contributed by atoms with Gasteiger partial charge in [-0.2, -0.15) is 0 Å². The Morgan fingerprint density at radius 2 is 1.85 bits per heavy atom. The third-order valence-electron chi connectivity index (χ3n) is 5.03. The van der Waals surface area contributed by atoms with Crippen LogP contribution in [0.4, 0.5) is 0 Å². The molecule has 1 amide bonds. The Morgan fingerprint density at radius 1 is 1.15 bits per heavy atom. The van der Waals surface area contributed by atoms with Crippen molar-refractivity contribution in [2.75, 3.05) is 13.1 Å². The van der Waals surface area contributed by atoms with Gasteiger partial charge < -0.3 is 15.5 Å². The molecule has 0 aromatic heterocycles. The lowest BCUT2D eigenvalue weighted by molar-refractivity contribution is -0.128. The molecule has 2 fully saturated rings. The summed E-state index contributed by atoms with van der Waals surface area (Å²) < 4.78 is 0. The van der Waals surface area contributed by atoms with E-state index in [1.165, 1.54) is 36.8 Å². The molecule has 2 N–H and O–H groups in total. The Morgan fingerprint density at radius 3 is 2.46 bits per heavy atom. The molecule has 1 aliphatic heterocycles. The van der Waals surface area contributed by atoms with E-state index in [0.717, 1.165) is 32.0 Å². The summed E-state index contributed by atoms with van der Waals surface area (Å²) in [5.41, 5.74) is 2.39. The third kappa shape index (κ3) is 6.14. The van der Waals surface area contributed by atoms with Crippen molar-refractivity contribution in [2.24, 2.45) is 4.99 Å². The molecular weight excluding hydrogens is 439 g/mol. The maximum absolute atomic E-state index is 11.7. The van der Waals surface area contributed by atoms with Gasteiger partial charge in [0.2, 0.25) is 5.91 Å². The summed E-state index contributed by atoms with van der Waals surface area (Å²) >= 11 is 0. The molecule has 144 valence electrons. The molecule has 1 saturated heterocycles. The van der Waals surface area contributed by atoms with Crippen LogP contribution in [0.15, 0.2) is 29.3 Å². The van der Waals surface area contributed by atoms with Crippen LogP contribution in [0.2, 0.25) is 0 Å². The summed E-state index contributed by atoms with van der Waals surface area (Å²) in [6, 6.07) is 9.05. The highest BCUT2D eigenvalue weighted by Crippen LogP contribution is 2.18. The predicted octanol–water partition coefficient (Wildman–Crippen LogP) is 3.42. The van der Waals surface area contributed by atoms with E-state index in [0.29, 0.717) is 19.0 Å². The van der Waals surface area contributed by atoms with E-state index in [4.69, 9.17) is 4.99 Å². The number of nitrogens with one attached hydrogen (secondary N) is 2. The summed E-state index contributed by atoms with van der Waals surface area (Å²) in [4.78, 5) is 18.4. The van der Waals surface area contributed by atoms with Crippen LogP contribution in [0, 0.1) is 0 Å². The molecule has 1 aromatic rings. The van der Waals surface area contributed by atoms with Crippen LogP contribution >= 0.6 is 24.0 Å². The lowest BCUT2D eigenvalue weighted by atomic mass is 10.1. The molecule has 1 heterocycles. The van der Waals surface area contributed by atoms with E-state index in [-0.39, 0.29) is 29.9 Å². The quantitative estimate of drug-likeness (QED) is 0.381. The second-order valence-corrected chi connectivity index (χ2v) is 7.06. The summed E-state index contributed by atoms with van der Waals surface area (Å²) in [5.74, 6) is 1.20. The second kappa shape index (κ2) is 10.7. The van der Waals surface area contributed by atoms with Crippen LogP contribution in [0.3, 0.4) is 0 Å². The van der Waals surface area contributed by atoms with E-state index in [1.54, 1.807) is 0 Å². The molecule has 6 heteroatoms. The van der Waals surface area contributed by atoms with Gasteiger partial charge in [0.05, 0.1) is 6.54 Å². The topological polar surface area (TPSA) is 56.7 Å². The number of hydrogen-bond donors (Lipinski definition) is 2. The van der Waals surface area contributed by atoms with Gasteiger partial charge in [-0.25, -0.2) is 4.99 Å². The molecule has 0 bridgehead atoms. The van der Waals surface area contributed by atoms with Gasteiger partial charge in [0.1, 0.15) is 0 Å². The van der Waals surface area contributed by atoms with Crippen molar-refractivity contribution in [3.63, 3.8) is 0 Å². The molecule has 0 atom stereocenters. The number of guanidine groups is 1. The second-order valence-electron chi connectivity index (χ2n) is 7.06. The van der Waals surface area contributed by atoms with Gasteiger partial charge in [-0.15, -0.1) is 24.0 Å². The molecule has 5 nitrogen and oxygen atoms in total. The zero-order valence-corrected chi connectivity index (χ0v) is 18.0. The first-order valence-electron chi connectivity index (χ1n) is 9.65. The first-order chi connectivity index (χ1) is 12.2. The maximum atomic E-state index is 11.7. The Labute approximate surface area is 174 Å². The van der Waals surface area contributed by atoms with Crippen molar-refractivity contribution in [3.8, 4) is 0 Å². The average Bonchev–Trinajstić information content (AvgIpc) is 3.27. The van der Waals surface area contributed by atoms with Crippen LogP contribution in [0.1, 0.15) is 56.6 Å². The lowest BCUT2D eigenvalue weighted by Gasteiger charge is -2.17. The van der Waals surface area contributed by atoms with E-state index in [1.807, 2.05) is 4.90 Å². The summed E-state index contributed by atoms with van der Waals surface area (Å²) in [7, 11) is 0. The summed E-state index contributed by atoms with van der Waals surface area (Å²) in [6.07, 6.45) is 6.82. The molecule has 2 aliphatic rings. The Balaban J connectivity index is 0.00000243. The number of amides is 1. The first-order valence-corrected chi connectivity index (χ1v) is 9.65. The number of halogens is 1. The normalized spacial score (nSPS) is 18.1. The third-order valence-corrected chi connectivity index (χ3v) is 5.03. The van der Waals surface area contributed by atoms with Crippen molar-refractivity contribution in [1.82, 2.24) is 15.5 Å². The zero-order valence-electron chi connectivity index (χ0n) is 15.7. The number of nitrogens with zero attached hydrogens (tertiary/aromatic N) is 2. The van der Waals surface area contributed by atoms with Gasteiger partial charge in [0.15, 0.2) is 5.96 Å². The van der Waals surface area contributed by atoms with Gasteiger partial charge in [0.25, 0.3) is 0 Å². The van der Waals surface area contributed by atoms with Crippen molar-refractivity contribution in [2.45, 2.75) is 64.6 Å². The fourth-order valence-electron chi connectivity index (χ4n) is 3.60. The number of hydrogen-bond acceptors (Lipinski definition) is 2. The smallest absolute Gasteiger partial charge is 0.222 e. The van der Waals surface area contributed by atoms with Crippen LogP contribution in [-0.2, 0) is 17.9 Å². The molecule has 1 saturated carbocycles. The Hall–Kier alpha value is -1.31. The molecule has 0 unspecified atom stereocenters. The molecule has 0 spiro atoms. The maximum Gasteiger partial charge on any atom is 0.222 e. The van der Waals surface area contributed by atoms with Crippen molar-refractivity contribution >= 4 is 35.8 Å². The largest absolute Gasteiger partial charge is 0.357 e. The predicted molar refractivity (Wildman–Crippen MR) is 117 cm³/mol. The zero-order chi connectivity index (χ0) is 17.5. The average molecular weight is 470 g/mol. The number of benzene rings is 1. The van der Waals surface area contributed by atoms with Crippen molar-refractivity contribution < 1.29 is 4.79 Å². The minimum Gasteiger partial charge on any atom is -0.357 e. The van der Waals surface area contributed by atoms with Crippen LogP contribution in [0.25, 0.3) is 0 Å². The van der Waals surface area contributed by atoms with Crippen LogP contribution in [-0.4, -0.2) is 35.9 Å². The van der Waals surface area contributed by atoms with Crippen LogP contribution < -0.4 is 10.6 Å². The molecule has 0 radical (unpaired) electrons. The number of aliphatic imine (C=N–C) groups is 1. The number of carbonyl (C=O) groups is 1. The SMILES string of the molecule is CCNC(=NCc1ccc(CN2CCCC2=O)cc1)NC1CCCC1.I. The summed E-state index contributed by atoms with van der Waals surface area (Å²) in [5, 5.41) is 6.89. The van der Waals surface area contributed by atoms with E-state index >= 15 is 0 Å². The van der Waals surface area contributed by atoms with Gasteiger partial charge in [-0.3, -0.25) is 4.79 Å². The number of carbonyl (C=O) groups excluding carboxylic acids is 1. The van der Waals surface area contributed by atoms with Gasteiger partial charge in [-0.05, 0) is 37.3 Å². The molecule has 3 rings (SSSR count). The van der Waals surface area contributed by atoms with Crippen molar-refractivity contribution in [3.05, 3.63) is 35.4 Å². The fraction of sp³-hybridized carbons (Fsp3) is 0.600.